The van der Waals surface area contributed by atoms with Crippen LogP contribution in [-0.2, 0) is 0 Å². The fourth-order valence-electron chi connectivity index (χ4n) is 5.39. The highest BCUT2D eigenvalue weighted by molar-refractivity contribution is 4.99. The zero-order valence-electron chi connectivity index (χ0n) is 11.3. The highest BCUT2D eigenvalue weighted by Gasteiger charge is 2.49. The fraction of sp³-hybridized carbons (Fsp3) is 1.00. The van der Waals surface area contributed by atoms with E-state index in [1.807, 2.05) is 0 Å². The first kappa shape index (κ1) is 12.0. The third kappa shape index (κ3) is 2.28. The van der Waals surface area contributed by atoms with E-state index in [1.165, 1.54) is 51.4 Å². The van der Waals surface area contributed by atoms with Crippen molar-refractivity contribution in [3.05, 3.63) is 0 Å². The van der Waals surface area contributed by atoms with Gasteiger partial charge in [0.1, 0.15) is 0 Å². The van der Waals surface area contributed by atoms with Crippen LogP contribution in [0.3, 0.4) is 0 Å². The monoisotopic (exact) mass is 236 g/mol. The molecule has 0 heterocycles. The Morgan fingerprint density at radius 3 is 2.06 bits per heavy atom. The summed E-state index contributed by atoms with van der Waals surface area (Å²) in [5, 5.41) is 10.5. The standard InChI is InChI=1S/C16H28O/c1-2-3-4-5-15(17)16-13-7-11-6-12(9-13)10-14(16)8-11/h11-17H,2-10H2,1H3. The van der Waals surface area contributed by atoms with Gasteiger partial charge in [0.15, 0.2) is 0 Å². The average Bonchev–Trinajstić information content (AvgIpc) is 2.27. The van der Waals surface area contributed by atoms with Crippen molar-refractivity contribution in [2.75, 3.05) is 0 Å². The maximum absolute atomic E-state index is 10.5. The largest absolute Gasteiger partial charge is 0.393 e. The maximum Gasteiger partial charge on any atom is 0.0573 e. The lowest BCUT2D eigenvalue weighted by Gasteiger charge is -2.55. The summed E-state index contributed by atoms with van der Waals surface area (Å²) in [6, 6.07) is 0. The van der Waals surface area contributed by atoms with Crippen LogP contribution in [0.25, 0.3) is 0 Å². The Kier molecular flexibility index (Phi) is 3.47. The summed E-state index contributed by atoms with van der Waals surface area (Å²) < 4.78 is 0. The van der Waals surface area contributed by atoms with Gasteiger partial charge in [-0.3, -0.25) is 0 Å². The topological polar surface area (TPSA) is 20.2 Å². The minimum atomic E-state index is 0.0246. The molecule has 17 heavy (non-hydrogen) atoms. The molecule has 4 rings (SSSR count). The van der Waals surface area contributed by atoms with Crippen LogP contribution in [0.1, 0.15) is 64.7 Å². The first-order valence-corrected chi connectivity index (χ1v) is 7.96. The Morgan fingerprint density at radius 1 is 0.941 bits per heavy atom. The minimum absolute atomic E-state index is 0.0246. The molecule has 1 N–H and O–H groups in total. The van der Waals surface area contributed by atoms with E-state index in [0.717, 1.165) is 30.1 Å². The van der Waals surface area contributed by atoms with Crippen LogP contribution in [0.2, 0.25) is 0 Å². The van der Waals surface area contributed by atoms with Gasteiger partial charge in [0, 0.05) is 0 Å². The second kappa shape index (κ2) is 4.91. The number of unbranched alkanes of at least 4 members (excludes halogenated alkanes) is 2. The summed E-state index contributed by atoms with van der Waals surface area (Å²) in [6.07, 6.45) is 12.2. The molecular weight excluding hydrogens is 208 g/mol. The first-order chi connectivity index (χ1) is 8.28. The predicted octanol–water partition coefficient (Wildman–Crippen LogP) is 4.00. The van der Waals surface area contributed by atoms with Gasteiger partial charge in [-0.05, 0) is 68.1 Å². The van der Waals surface area contributed by atoms with Gasteiger partial charge in [0.05, 0.1) is 6.10 Å². The lowest BCUT2D eigenvalue weighted by Crippen LogP contribution is -2.49. The summed E-state index contributed by atoms with van der Waals surface area (Å²) >= 11 is 0. The van der Waals surface area contributed by atoms with Crippen LogP contribution < -0.4 is 0 Å². The molecule has 1 nitrogen and oxygen atoms in total. The third-order valence-corrected chi connectivity index (χ3v) is 5.85. The van der Waals surface area contributed by atoms with Crippen LogP contribution in [0.15, 0.2) is 0 Å². The van der Waals surface area contributed by atoms with E-state index in [0.29, 0.717) is 5.92 Å². The average molecular weight is 236 g/mol. The van der Waals surface area contributed by atoms with Crippen molar-refractivity contribution < 1.29 is 5.11 Å². The summed E-state index contributed by atoms with van der Waals surface area (Å²) in [4.78, 5) is 0. The summed E-state index contributed by atoms with van der Waals surface area (Å²) in [5.74, 6) is 4.54. The molecular formula is C16H28O. The van der Waals surface area contributed by atoms with Gasteiger partial charge in [-0.25, -0.2) is 0 Å². The van der Waals surface area contributed by atoms with Crippen molar-refractivity contribution in [1.82, 2.24) is 0 Å². The SMILES string of the molecule is CCCCCC(O)C1C2CC3CC(C2)CC1C3. The number of hydrogen-bond acceptors (Lipinski definition) is 1. The molecule has 0 radical (unpaired) electrons. The van der Waals surface area contributed by atoms with Crippen molar-refractivity contribution in [2.24, 2.45) is 29.6 Å². The molecule has 0 aromatic carbocycles. The second-order valence-corrected chi connectivity index (χ2v) is 7.07. The Morgan fingerprint density at radius 2 is 1.53 bits per heavy atom. The van der Waals surface area contributed by atoms with Gasteiger partial charge in [-0.15, -0.1) is 0 Å². The van der Waals surface area contributed by atoms with Crippen molar-refractivity contribution in [1.29, 1.82) is 0 Å². The predicted molar refractivity (Wildman–Crippen MR) is 70.7 cm³/mol. The lowest BCUT2D eigenvalue weighted by atomic mass is 9.50. The first-order valence-electron chi connectivity index (χ1n) is 7.96. The van der Waals surface area contributed by atoms with E-state index >= 15 is 0 Å². The van der Waals surface area contributed by atoms with Gasteiger partial charge >= 0.3 is 0 Å². The molecule has 0 amide bonds. The minimum Gasteiger partial charge on any atom is -0.393 e. The molecule has 0 saturated heterocycles. The van der Waals surface area contributed by atoms with Crippen LogP contribution in [0.4, 0.5) is 0 Å². The van der Waals surface area contributed by atoms with Gasteiger partial charge in [-0.2, -0.15) is 0 Å². The molecule has 0 aliphatic heterocycles. The number of aliphatic hydroxyl groups excluding tert-OH is 1. The van der Waals surface area contributed by atoms with Gasteiger partial charge in [0.25, 0.3) is 0 Å². The van der Waals surface area contributed by atoms with E-state index in [9.17, 15) is 5.11 Å². The highest BCUT2D eigenvalue weighted by atomic mass is 16.3. The summed E-state index contributed by atoms with van der Waals surface area (Å²) in [5.41, 5.74) is 0. The van der Waals surface area contributed by atoms with Crippen molar-refractivity contribution in [3.63, 3.8) is 0 Å². The highest BCUT2D eigenvalue weighted by Crippen LogP contribution is 2.57. The summed E-state index contributed by atoms with van der Waals surface area (Å²) in [7, 11) is 0. The quantitative estimate of drug-likeness (QED) is 0.715. The zero-order valence-corrected chi connectivity index (χ0v) is 11.3. The van der Waals surface area contributed by atoms with E-state index in [2.05, 4.69) is 6.92 Å². The molecule has 4 fully saturated rings. The van der Waals surface area contributed by atoms with Crippen LogP contribution >= 0.6 is 0 Å². The molecule has 1 heteroatoms. The molecule has 1 atom stereocenters. The van der Waals surface area contributed by atoms with Crippen LogP contribution in [0.5, 0.6) is 0 Å². The van der Waals surface area contributed by atoms with Crippen LogP contribution in [-0.4, -0.2) is 11.2 Å². The van der Waals surface area contributed by atoms with E-state index in [-0.39, 0.29) is 6.10 Å². The number of hydrogen-bond donors (Lipinski definition) is 1. The molecule has 4 aliphatic carbocycles. The van der Waals surface area contributed by atoms with Crippen molar-refractivity contribution >= 4 is 0 Å². The molecule has 4 aliphatic rings. The molecule has 1 unspecified atom stereocenters. The van der Waals surface area contributed by atoms with Crippen molar-refractivity contribution in [3.8, 4) is 0 Å². The maximum atomic E-state index is 10.5. The summed E-state index contributed by atoms with van der Waals surface area (Å²) in [6.45, 7) is 2.25. The Hall–Kier alpha value is -0.0400. The van der Waals surface area contributed by atoms with Gasteiger partial charge < -0.3 is 5.11 Å². The third-order valence-electron chi connectivity index (χ3n) is 5.85. The second-order valence-electron chi connectivity index (χ2n) is 7.07. The Labute approximate surface area is 106 Å². The van der Waals surface area contributed by atoms with E-state index < -0.39 is 0 Å². The van der Waals surface area contributed by atoms with E-state index in [1.54, 1.807) is 0 Å². The van der Waals surface area contributed by atoms with Gasteiger partial charge in [-0.1, -0.05) is 26.2 Å². The molecule has 0 aromatic rings. The van der Waals surface area contributed by atoms with Crippen LogP contribution in [0, 0.1) is 29.6 Å². The molecule has 4 bridgehead atoms. The van der Waals surface area contributed by atoms with Crippen molar-refractivity contribution in [2.45, 2.75) is 70.8 Å². The number of rotatable bonds is 5. The molecule has 4 saturated carbocycles. The van der Waals surface area contributed by atoms with Gasteiger partial charge in [0.2, 0.25) is 0 Å². The Balaban J connectivity index is 1.59. The molecule has 0 aromatic heterocycles. The number of aliphatic hydroxyl groups is 1. The molecule has 98 valence electrons. The van der Waals surface area contributed by atoms with E-state index in [4.69, 9.17) is 0 Å². The smallest absolute Gasteiger partial charge is 0.0573 e. The molecule has 0 spiro atoms. The Bertz CT molecular complexity index is 232. The lowest BCUT2D eigenvalue weighted by molar-refractivity contribution is -0.0914. The normalized spacial score (nSPS) is 45.2. The fourth-order valence-corrected chi connectivity index (χ4v) is 5.39. The zero-order chi connectivity index (χ0) is 11.8.